The van der Waals surface area contributed by atoms with Crippen LogP contribution in [0.5, 0.6) is 11.5 Å². The van der Waals surface area contributed by atoms with Crippen LogP contribution in [0.15, 0.2) is 12.1 Å². The zero-order chi connectivity index (χ0) is 10.4. The first-order valence-corrected chi connectivity index (χ1v) is 5.35. The van der Waals surface area contributed by atoms with Crippen LogP contribution in [-0.2, 0) is 13.0 Å². The molecule has 16 heavy (non-hydrogen) atoms. The van der Waals surface area contributed by atoms with E-state index in [9.17, 15) is 0 Å². The molecule has 0 radical (unpaired) electrons. The zero-order valence-electron chi connectivity index (χ0n) is 9.53. The van der Waals surface area contributed by atoms with Gasteiger partial charge in [-0.2, -0.15) is 0 Å². The molecular formula is C12H16ClNO2. The van der Waals surface area contributed by atoms with Crippen LogP contribution in [0.2, 0.25) is 0 Å². The molecule has 0 bridgehead atoms. The van der Waals surface area contributed by atoms with Gasteiger partial charge in [0.1, 0.15) is 0 Å². The minimum Gasteiger partial charge on any atom is -0.454 e. The molecule has 2 heterocycles. The van der Waals surface area contributed by atoms with Gasteiger partial charge in [-0.3, -0.25) is 4.90 Å². The van der Waals surface area contributed by atoms with E-state index in [-0.39, 0.29) is 12.4 Å². The van der Waals surface area contributed by atoms with Gasteiger partial charge in [0.2, 0.25) is 6.79 Å². The fourth-order valence-electron chi connectivity index (χ4n) is 2.26. The van der Waals surface area contributed by atoms with Gasteiger partial charge in [0.05, 0.1) is 0 Å². The molecule has 3 rings (SSSR count). The standard InChI is InChI=1S/C12H15NO2.ClH/c1-8-3-9-4-11-12(15-7-14-11)5-10(9)6-13(8)2;/h4-5,8H,3,6-7H2,1-2H3;1H. The van der Waals surface area contributed by atoms with Crippen LogP contribution in [0.1, 0.15) is 18.1 Å². The molecule has 2 aliphatic heterocycles. The fourth-order valence-corrected chi connectivity index (χ4v) is 2.26. The first-order chi connectivity index (χ1) is 7.24. The van der Waals surface area contributed by atoms with E-state index in [4.69, 9.17) is 9.47 Å². The molecular weight excluding hydrogens is 226 g/mol. The van der Waals surface area contributed by atoms with Crippen molar-refractivity contribution < 1.29 is 9.47 Å². The topological polar surface area (TPSA) is 21.7 Å². The van der Waals surface area contributed by atoms with Gasteiger partial charge in [-0.05, 0) is 43.7 Å². The Balaban J connectivity index is 0.000000963. The van der Waals surface area contributed by atoms with Crippen molar-refractivity contribution in [3.05, 3.63) is 23.3 Å². The van der Waals surface area contributed by atoms with E-state index < -0.39 is 0 Å². The second-order valence-electron chi connectivity index (χ2n) is 4.44. The number of rotatable bonds is 0. The summed E-state index contributed by atoms with van der Waals surface area (Å²) in [4.78, 5) is 2.37. The number of hydrogen-bond donors (Lipinski definition) is 0. The van der Waals surface area contributed by atoms with Crippen molar-refractivity contribution in [2.45, 2.75) is 25.9 Å². The van der Waals surface area contributed by atoms with Gasteiger partial charge >= 0.3 is 0 Å². The van der Waals surface area contributed by atoms with E-state index in [2.05, 4.69) is 31.0 Å². The van der Waals surface area contributed by atoms with E-state index >= 15 is 0 Å². The van der Waals surface area contributed by atoms with Crippen LogP contribution < -0.4 is 9.47 Å². The average Bonchev–Trinajstić information content (AvgIpc) is 2.63. The summed E-state index contributed by atoms with van der Waals surface area (Å²) >= 11 is 0. The highest BCUT2D eigenvalue weighted by Crippen LogP contribution is 2.37. The van der Waals surface area contributed by atoms with Crippen molar-refractivity contribution in [3.8, 4) is 11.5 Å². The van der Waals surface area contributed by atoms with Crippen molar-refractivity contribution in [2.24, 2.45) is 0 Å². The van der Waals surface area contributed by atoms with Gasteiger partial charge in [-0.1, -0.05) is 0 Å². The number of ether oxygens (including phenoxy) is 2. The fraction of sp³-hybridized carbons (Fsp3) is 0.500. The lowest BCUT2D eigenvalue weighted by molar-refractivity contribution is 0.174. The van der Waals surface area contributed by atoms with Gasteiger partial charge in [0, 0.05) is 12.6 Å². The monoisotopic (exact) mass is 241 g/mol. The van der Waals surface area contributed by atoms with Crippen LogP contribution in [0.25, 0.3) is 0 Å². The summed E-state index contributed by atoms with van der Waals surface area (Å²) in [6, 6.07) is 4.87. The molecule has 1 unspecified atom stereocenters. The quantitative estimate of drug-likeness (QED) is 0.695. The maximum Gasteiger partial charge on any atom is 0.231 e. The van der Waals surface area contributed by atoms with E-state index in [0.29, 0.717) is 12.8 Å². The van der Waals surface area contributed by atoms with Crippen LogP contribution in [0, 0.1) is 0 Å². The molecule has 0 aliphatic carbocycles. The van der Waals surface area contributed by atoms with E-state index in [0.717, 1.165) is 24.5 Å². The highest BCUT2D eigenvalue weighted by Gasteiger charge is 2.24. The molecule has 88 valence electrons. The SMILES string of the molecule is CC1Cc2cc3c(cc2CN1C)OCO3.Cl. The number of likely N-dealkylation sites (N-methyl/N-ethyl adjacent to an activating group) is 1. The third kappa shape index (κ3) is 1.74. The van der Waals surface area contributed by atoms with Crippen LogP contribution in [0.3, 0.4) is 0 Å². The highest BCUT2D eigenvalue weighted by atomic mass is 35.5. The summed E-state index contributed by atoms with van der Waals surface area (Å²) in [6.07, 6.45) is 1.10. The Labute approximate surface area is 102 Å². The molecule has 3 nitrogen and oxygen atoms in total. The lowest BCUT2D eigenvalue weighted by Crippen LogP contribution is -2.34. The van der Waals surface area contributed by atoms with Gasteiger partial charge < -0.3 is 9.47 Å². The molecule has 1 aromatic rings. The molecule has 1 aromatic carbocycles. The first-order valence-electron chi connectivity index (χ1n) is 5.35. The molecule has 1 atom stereocenters. The minimum absolute atomic E-state index is 0. The van der Waals surface area contributed by atoms with Crippen LogP contribution >= 0.6 is 12.4 Å². The highest BCUT2D eigenvalue weighted by molar-refractivity contribution is 5.85. The van der Waals surface area contributed by atoms with Gasteiger partial charge in [-0.25, -0.2) is 0 Å². The summed E-state index contributed by atoms with van der Waals surface area (Å²) in [6.45, 7) is 3.63. The lowest BCUT2D eigenvalue weighted by Gasteiger charge is -2.31. The van der Waals surface area contributed by atoms with Crippen LogP contribution in [0.4, 0.5) is 0 Å². The second-order valence-corrected chi connectivity index (χ2v) is 4.44. The molecule has 0 spiro atoms. The number of nitrogens with zero attached hydrogens (tertiary/aromatic N) is 1. The molecule has 0 saturated heterocycles. The Bertz CT molecular complexity index is 371. The largest absolute Gasteiger partial charge is 0.454 e. The third-order valence-electron chi connectivity index (χ3n) is 3.38. The number of benzene rings is 1. The third-order valence-corrected chi connectivity index (χ3v) is 3.38. The van der Waals surface area contributed by atoms with Crippen molar-refractivity contribution in [1.82, 2.24) is 4.90 Å². The Morgan fingerprint density at radius 3 is 2.50 bits per heavy atom. The summed E-state index contributed by atoms with van der Waals surface area (Å²) in [5, 5.41) is 0. The maximum atomic E-state index is 5.39. The van der Waals surface area contributed by atoms with Gasteiger partial charge in [0.15, 0.2) is 11.5 Å². The molecule has 0 fully saturated rings. The summed E-state index contributed by atoms with van der Waals surface area (Å²) in [7, 11) is 2.16. The van der Waals surface area contributed by atoms with Crippen molar-refractivity contribution in [1.29, 1.82) is 0 Å². The molecule has 2 aliphatic rings. The van der Waals surface area contributed by atoms with E-state index in [1.165, 1.54) is 11.1 Å². The number of halogens is 1. The smallest absolute Gasteiger partial charge is 0.231 e. The zero-order valence-corrected chi connectivity index (χ0v) is 10.3. The van der Waals surface area contributed by atoms with Crippen molar-refractivity contribution in [3.63, 3.8) is 0 Å². The van der Waals surface area contributed by atoms with Crippen LogP contribution in [-0.4, -0.2) is 24.8 Å². The van der Waals surface area contributed by atoms with Gasteiger partial charge in [-0.15, -0.1) is 12.4 Å². The molecule has 0 amide bonds. The van der Waals surface area contributed by atoms with Gasteiger partial charge in [0.25, 0.3) is 0 Å². The predicted molar refractivity (Wildman–Crippen MR) is 64.4 cm³/mol. The summed E-state index contributed by atoms with van der Waals surface area (Å²) in [5.74, 6) is 1.81. The Morgan fingerprint density at radius 1 is 1.19 bits per heavy atom. The molecule has 0 aromatic heterocycles. The molecule has 0 N–H and O–H groups in total. The van der Waals surface area contributed by atoms with E-state index in [1.807, 2.05) is 0 Å². The molecule has 0 saturated carbocycles. The minimum atomic E-state index is 0. The first kappa shape index (κ1) is 11.6. The molecule has 4 heteroatoms. The van der Waals surface area contributed by atoms with Crippen molar-refractivity contribution >= 4 is 12.4 Å². The number of fused-ring (bicyclic) bond motifs is 2. The predicted octanol–water partition coefficient (Wildman–Crippen LogP) is 2.21. The lowest BCUT2D eigenvalue weighted by atomic mass is 9.95. The Hall–Kier alpha value is -0.930. The number of hydrogen-bond acceptors (Lipinski definition) is 3. The Morgan fingerprint density at radius 2 is 1.81 bits per heavy atom. The van der Waals surface area contributed by atoms with Crippen molar-refractivity contribution in [2.75, 3.05) is 13.8 Å². The normalized spacial score (nSPS) is 22.5. The average molecular weight is 242 g/mol. The second kappa shape index (κ2) is 4.15. The maximum absolute atomic E-state index is 5.39. The Kier molecular flexibility index (Phi) is 3.00. The summed E-state index contributed by atoms with van der Waals surface area (Å²) < 4.78 is 10.8. The van der Waals surface area contributed by atoms with E-state index in [1.54, 1.807) is 0 Å². The summed E-state index contributed by atoms with van der Waals surface area (Å²) in [5.41, 5.74) is 2.78.